The average molecular weight is 366 g/mol. The standard InChI is InChI=1S/C20H26N6O/c1-13-3-6-19(27)17(22-13)12-26-18-5-4-14(21)11-16(18)24-20(26)23-15-7-9-25(2)10-8-15/h3-6,11,15,27H,7-10,12,21H2,1-2H3,(H,23,24). The molecule has 4 rings (SSSR count). The zero-order valence-electron chi connectivity index (χ0n) is 15.8. The van der Waals surface area contributed by atoms with Crippen molar-refractivity contribution in [1.82, 2.24) is 19.4 Å². The lowest BCUT2D eigenvalue weighted by Gasteiger charge is -2.29. The van der Waals surface area contributed by atoms with Crippen LogP contribution in [-0.4, -0.2) is 50.7 Å². The number of likely N-dealkylation sites (tertiary alicyclic amines) is 1. The second kappa shape index (κ2) is 7.08. The number of imidazole rings is 1. The van der Waals surface area contributed by atoms with Crippen molar-refractivity contribution in [3.05, 3.63) is 41.7 Å². The number of piperidine rings is 1. The van der Waals surface area contributed by atoms with Crippen LogP contribution >= 0.6 is 0 Å². The summed E-state index contributed by atoms with van der Waals surface area (Å²) in [5, 5.41) is 13.9. The Morgan fingerprint density at radius 1 is 1.19 bits per heavy atom. The van der Waals surface area contributed by atoms with E-state index in [9.17, 15) is 5.11 Å². The van der Waals surface area contributed by atoms with Crippen LogP contribution in [0.5, 0.6) is 5.75 Å². The summed E-state index contributed by atoms with van der Waals surface area (Å²) in [6.45, 7) is 4.52. The Balaban J connectivity index is 1.71. The summed E-state index contributed by atoms with van der Waals surface area (Å²) < 4.78 is 2.08. The van der Waals surface area contributed by atoms with Crippen LogP contribution in [0.3, 0.4) is 0 Å². The van der Waals surface area contributed by atoms with E-state index in [4.69, 9.17) is 10.7 Å². The number of nitrogens with two attached hydrogens (primary N) is 1. The van der Waals surface area contributed by atoms with E-state index < -0.39 is 0 Å². The number of benzene rings is 1. The van der Waals surface area contributed by atoms with Crippen molar-refractivity contribution in [3.8, 4) is 5.75 Å². The van der Waals surface area contributed by atoms with Gasteiger partial charge in [-0.15, -0.1) is 0 Å². The molecule has 1 aliphatic rings. The molecule has 0 atom stereocenters. The van der Waals surface area contributed by atoms with Crippen molar-refractivity contribution in [2.24, 2.45) is 0 Å². The summed E-state index contributed by atoms with van der Waals surface area (Å²) >= 11 is 0. The van der Waals surface area contributed by atoms with Crippen molar-refractivity contribution >= 4 is 22.7 Å². The third-order valence-electron chi connectivity index (χ3n) is 5.22. The number of hydrogen-bond donors (Lipinski definition) is 3. The van der Waals surface area contributed by atoms with E-state index in [1.807, 2.05) is 31.2 Å². The number of pyridine rings is 1. The molecule has 2 aromatic heterocycles. The third kappa shape index (κ3) is 3.68. The van der Waals surface area contributed by atoms with Gasteiger partial charge in [0, 0.05) is 17.4 Å². The zero-order valence-corrected chi connectivity index (χ0v) is 15.8. The minimum Gasteiger partial charge on any atom is -0.506 e. The van der Waals surface area contributed by atoms with E-state index in [-0.39, 0.29) is 5.75 Å². The summed E-state index contributed by atoms with van der Waals surface area (Å²) in [5.41, 5.74) is 9.97. The van der Waals surface area contributed by atoms with E-state index in [1.165, 1.54) is 0 Å². The maximum absolute atomic E-state index is 10.2. The Bertz CT molecular complexity index is 959. The molecular weight excluding hydrogens is 340 g/mol. The molecule has 3 heterocycles. The molecular formula is C20H26N6O. The Hall–Kier alpha value is -2.80. The molecule has 7 heteroatoms. The molecule has 7 nitrogen and oxygen atoms in total. The largest absolute Gasteiger partial charge is 0.506 e. The van der Waals surface area contributed by atoms with Crippen molar-refractivity contribution < 1.29 is 5.11 Å². The van der Waals surface area contributed by atoms with Gasteiger partial charge in [-0.1, -0.05) is 0 Å². The monoisotopic (exact) mass is 366 g/mol. The molecule has 3 aromatic rings. The number of anilines is 2. The highest BCUT2D eigenvalue weighted by Crippen LogP contribution is 2.26. The molecule has 0 unspecified atom stereocenters. The zero-order chi connectivity index (χ0) is 19.0. The van der Waals surface area contributed by atoms with Crippen molar-refractivity contribution in [2.75, 3.05) is 31.2 Å². The number of nitrogen functional groups attached to an aromatic ring is 1. The Morgan fingerprint density at radius 3 is 2.74 bits per heavy atom. The van der Waals surface area contributed by atoms with Crippen LogP contribution < -0.4 is 11.1 Å². The fourth-order valence-electron chi connectivity index (χ4n) is 3.62. The molecule has 0 aliphatic carbocycles. The minimum atomic E-state index is 0.197. The summed E-state index contributed by atoms with van der Waals surface area (Å²) in [7, 11) is 2.15. The number of fused-ring (bicyclic) bond motifs is 1. The molecule has 142 valence electrons. The van der Waals surface area contributed by atoms with Gasteiger partial charge >= 0.3 is 0 Å². The lowest BCUT2D eigenvalue weighted by molar-refractivity contribution is 0.263. The highest BCUT2D eigenvalue weighted by atomic mass is 16.3. The molecule has 1 fully saturated rings. The predicted octanol–water partition coefficient (Wildman–Crippen LogP) is 2.58. The first-order chi connectivity index (χ1) is 13.0. The van der Waals surface area contributed by atoms with Crippen LogP contribution in [0.2, 0.25) is 0 Å². The average Bonchev–Trinajstić information content (AvgIpc) is 2.96. The van der Waals surface area contributed by atoms with Crippen molar-refractivity contribution in [1.29, 1.82) is 0 Å². The molecule has 0 saturated carbocycles. The number of hydrogen-bond acceptors (Lipinski definition) is 6. The number of aryl methyl sites for hydroxylation is 1. The van der Waals surface area contributed by atoms with Gasteiger partial charge < -0.3 is 25.6 Å². The molecule has 1 saturated heterocycles. The topological polar surface area (TPSA) is 92.2 Å². The van der Waals surface area contributed by atoms with E-state index in [1.54, 1.807) is 6.07 Å². The van der Waals surface area contributed by atoms with E-state index >= 15 is 0 Å². The van der Waals surface area contributed by atoms with Crippen molar-refractivity contribution in [3.63, 3.8) is 0 Å². The third-order valence-corrected chi connectivity index (χ3v) is 5.22. The Morgan fingerprint density at radius 2 is 1.96 bits per heavy atom. The number of nitrogens with one attached hydrogen (secondary N) is 1. The fourth-order valence-corrected chi connectivity index (χ4v) is 3.62. The maximum atomic E-state index is 10.2. The van der Waals surface area contributed by atoms with Gasteiger partial charge in [0.25, 0.3) is 0 Å². The molecule has 0 radical (unpaired) electrons. The lowest BCUT2D eigenvalue weighted by atomic mass is 10.1. The second-order valence-electron chi connectivity index (χ2n) is 7.41. The number of rotatable bonds is 4. The maximum Gasteiger partial charge on any atom is 0.204 e. The van der Waals surface area contributed by atoms with Gasteiger partial charge in [0.05, 0.1) is 17.6 Å². The van der Waals surface area contributed by atoms with Crippen LogP contribution in [0.15, 0.2) is 30.3 Å². The first kappa shape index (κ1) is 17.6. The van der Waals surface area contributed by atoms with Gasteiger partial charge in [0.1, 0.15) is 11.4 Å². The van der Waals surface area contributed by atoms with Crippen molar-refractivity contribution in [2.45, 2.75) is 32.4 Å². The first-order valence-corrected chi connectivity index (χ1v) is 9.36. The van der Waals surface area contributed by atoms with E-state index in [0.29, 0.717) is 24.0 Å². The first-order valence-electron chi connectivity index (χ1n) is 9.36. The number of aromatic hydroxyl groups is 1. The van der Waals surface area contributed by atoms with Gasteiger partial charge in [-0.05, 0) is 70.2 Å². The SMILES string of the molecule is Cc1ccc(O)c(Cn2c(NC3CCN(C)CC3)nc3cc(N)ccc32)n1. The van der Waals surface area contributed by atoms with Crippen LogP contribution in [0.4, 0.5) is 11.6 Å². The Kier molecular flexibility index (Phi) is 4.61. The van der Waals surface area contributed by atoms with Crippen LogP contribution in [0, 0.1) is 6.92 Å². The number of nitrogens with zero attached hydrogens (tertiary/aromatic N) is 4. The molecule has 0 amide bonds. The van der Waals surface area contributed by atoms with Gasteiger partial charge in [0.2, 0.25) is 5.95 Å². The molecule has 4 N–H and O–H groups in total. The lowest BCUT2D eigenvalue weighted by Crippen LogP contribution is -2.37. The van der Waals surface area contributed by atoms with Gasteiger partial charge in [-0.2, -0.15) is 0 Å². The molecule has 1 aliphatic heterocycles. The van der Waals surface area contributed by atoms with Crippen LogP contribution in [-0.2, 0) is 6.54 Å². The normalized spacial score (nSPS) is 16.1. The quantitative estimate of drug-likeness (QED) is 0.615. The van der Waals surface area contributed by atoms with Crippen LogP contribution in [0.25, 0.3) is 11.0 Å². The summed E-state index contributed by atoms with van der Waals surface area (Å²) in [5.74, 6) is 0.996. The minimum absolute atomic E-state index is 0.197. The van der Waals surface area contributed by atoms with Gasteiger partial charge in [-0.3, -0.25) is 4.98 Å². The number of aromatic nitrogens is 3. The second-order valence-corrected chi connectivity index (χ2v) is 7.41. The molecule has 0 bridgehead atoms. The van der Waals surface area contributed by atoms with E-state index in [0.717, 1.165) is 48.6 Å². The summed E-state index contributed by atoms with van der Waals surface area (Å²) in [4.78, 5) is 11.6. The summed E-state index contributed by atoms with van der Waals surface area (Å²) in [6.07, 6.45) is 2.16. The van der Waals surface area contributed by atoms with E-state index in [2.05, 4.69) is 26.8 Å². The van der Waals surface area contributed by atoms with Gasteiger partial charge in [0.15, 0.2) is 0 Å². The smallest absolute Gasteiger partial charge is 0.204 e. The highest BCUT2D eigenvalue weighted by Gasteiger charge is 2.20. The predicted molar refractivity (Wildman–Crippen MR) is 108 cm³/mol. The summed E-state index contributed by atoms with van der Waals surface area (Å²) in [6, 6.07) is 9.62. The molecule has 27 heavy (non-hydrogen) atoms. The fraction of sp³-hybridized carbons (Fsp3) is 0.400. The highest BCUT2D eigenvalue weighted by molar-refractivity contribution is 5.82. The Labute approximate surface area is 158 Å². The molecule has 1 aromatic carbocycles. The van der Waals surface area contributed by atoms with Crippen LogP contribution in [0.1, 0.15) is 24.2 Å². The molecule has 0 spiro atoms. The van der Waals surface area contributed by atoms with Gasteiger partial charge in [-0.25, -0.2) is 4.98 Å².